The third-order valence-corrected chi connectivity index (χ3v) is 7.64. The summed E-state index contributed by atoms with van der Waals surface area (Å²) in [5, 5.41) is 9.61. The highest BCUT2D eigenvalue weighted by Crippen LogP contribution is 2.43. The largest absolute Gasteiger partial charge is 0.480 e. The van der Waals surface area contributed by atoms with Crippen molar-refractivity contribution in [3.8, 4) is 0 Å². The molecule has 1 aromatic rings. The van der Waals surface area contributed by atoms with E-state index >= 15 is 0 Å². The number of carbonyl (C=O) groups excluding carboxylic acids is 1. The van der Waals surface area contributed by atoms with Gasteiger partial charge < -0.3 is 9.84 Å². The summed E-state index contributed by atoms with van der Waals surface area (Å²) in [6.07, 6.45) is 3.75. The van der Waals surface area contributed by atoms with Gasteiger partial charge in [-0.2, -0.15) is 4.31 Å². The summed E-state index contributed by atoms with van der Waals surface area (Å²) in [6, 6.07) is 3.05. The molecule has 1 saturated carbocycles. The number of sulfonamides is 1. The van der Waals surface area contributed by atoms with E-state index in [0.29, 0.717) is 12.8 Å². The maximum atomic E-state index is 13.4. The average molecular weight is 381 g/mol. The molecule has 1 N–H and O–H groups in total. The van der Waals surface area contributed by atoms with E-state index in [4.69, 9.17) is 4.74 Å². The summed E-state index contributed by atoms with van der Waals surface area (Å²) >= 11 is 0. The van der Waals surface area contributed by atoms with Gasteiger partial charge in [-0.05, 0) is 49.8 Å². The fourth-order valence-corrected chi connectivity index (χ4v) is 6.43. The maximum absolute atomic E-state index is 13.4. The Morgan fingerprint density at radius 2 is 1.92 bits per heavy atom. The molecule has 142 valence electrons. The number of fused-ring (bicyclic) bond motifs is 1. The van der Waals surface area contributed by atoms with Crippen LogP contribution in [0, 0.1) is 12.8 Å². The summed E-state index contributed by atoms with van der Waals surface area (Å²) < 4.78 is 32.7. The van der Waals surface area contributed by atoms with Crippen molar-refractivity contribution < 1.29 is 27.9 Å². The highest BCUT2D eigenvalue weighted by atomic mass is 32.2. The first kappa shape index (κ1) is 18.8. The fraction of sp³-hybridized carbons (Fsp3) is 0.556. The van der Waals surface area contributed by atoms with Crippen LogP contribution in [0.5, 0.6) is 0 Å². The predicted molar refractivity (Wildman–Crippen MR) is 93.3 cm³/mol. The van der Waals surface area contributed by atoms with Crippen LogP contribution in [0.3, 0.4) is 0 Å². The number of hydrogen-bond donors (Lipinski definition) is 1. The lowest BCUT2D eigenvalue weighted by Gasteiger charge is -2.32. The Morgan fingerprint density at radius 3 is 2.58 bits per heavy atom. The lowest BCUT2D eigenvalue weighted by molar-refractivity contribution is -0.141. The molecule has 3 atom stereocenters. The minimum atomic E-state index is -4.05. The van der Waals surface area contributed by atoms with Crippen molar-refractivity contribution in [3.05, 3.63) is 29.3 Å². The zero-order valence-corrected chi connectivity index (χ0v) is 15.7. The second-order valence-electron chi connectivity index (χ2n) is 6.96. The molecule has 7 nitrogen and oxygen atoms in total. The Labute approximate surface area is 153 Å². The molecule has 8 heteroatoms. The molecule has 2 aliphatic rings. The van der Waals surface area contributed by atoms with Crippen molar-refractivity contribution >= 4 is 22.0 Å². The van der Waals surface area contributed by atoms with Crippen molar-refractivity contribution in [2.45, 2.75) is 56.0 Å². The predicted octanol–water partition coefficient (Wildman–Crippen LogP) is 2.19. The number of hydrogen-bond acceptors (Lipinski definition) is 5. The van der Waals surface area contributed by atoms with Gasteiger partial charge in [-0.25, -0.2) is 13.2 Å². The Morgan fingerprint density at radius 1 is 1.23 bits per heavy atom. The van der Waals surface area contributed by atoms with E-state index in [1.165, 1.54) is 29.6 Å². The topological polar surface area (TPSA) is 101 Å². The lowest BCUT2D eigenvalue weighted by Crippen LogP contribution is -2.46. The minimum Gasteiger partial charge on any atom is -0.480 e. The number of carbonyl (C=O) groups is 2. The number of esters is 1. The van der Waals surface area contributed by atoms with Crippen LogP contribution in [0.2, 0.25) is 0 Å². The van der Waals surface area contributed by atoms with Gasteiger partial charge in [0.15, 0.2) is 0 Å². The van der Waals surface area contributed by atoms with E-state index in [1.807, 2.05) is 0 Å². The first-order valence-electron chi connectivity index (χ1n) is 8.73. The molecule has 1 aliphatic heterocycles. The molecule has 1 heterocycles. The summed E-state index contributed by atoms with van der Waals surface area (Å²) in [6.45, 7) is 1.54. The number of nitrogens with zero attached hydrogens (tertiary/aromatic N) is 1. The highest BCUT2D eigenvalue weighted by molar-refractivity contribution is 7.89. The SMILES string of the molecule is COC(=O)c1cccc(S(=O)(=O)N2C(C(=O)O)CC3CCCCC32)c1C. The number of ether oxygens (including phenoxy) is 1. The van der Waals surface area contributed by atoms with Crippen molar-refractivity contribution in [2.24, 2.45) is 5.92 Å². The lowest BCUT2D eigenvalue weighted by atomic mass is 9.85. The third kappa shape index (κ3) is 3.01. The molecular formula is C18H23NO6S. The maximum Gasteiger partial charge on any atom is 0.338 e. The molecule has 0 radical (unpaired) electrons. The number of methoxy groups -OCH3 is 1. The van der Waals surface area contributed by atoms with Crippen LogP contribution in [0.1, 0.15) is 48.0 Å². The van der Waals surface area contributed by atoms with Crippen molar-refractivity contribution in [1.29, 1.82) is 0 Å². The molecule has 3 rings (SSSR count). The van der Waals surface area contributed by atoms with E-state index in [-0.39, 0.29) is 28.0 Å². The summed E-state index contributed by atoms with van der Waals surface area (Å²) in [7, 11) is -2.82. The first-order valence-corrected chi connectivity index (χ1v) is 10.2. The van der Waals surface area contributed by atoms with E-state index < -0.39 is 28.0 Å². The number of aliphatic carboxylic acids is 1. The normalized spacial score (nSPS) is 26.3. The monoisotopic (exact) mass is 381 g/mol. The van der Waals surface area contributed by atoms with Crippen LogP contribution in [-0.2, 0) is 19.6 Å². The van der Waals surface area contributed by atoms with E-state index in [9.17, 15) is 23.1 Å². The standard InChI is InChI=1S/C18H23NO6S/c1-11-13(18(22)25-2)7-5-9-16(11)26(23,24)19-14-8-4-3-6-12(14)10-15(19)17(20)21/h5,7,9,12,14-15H,3-4,6,8,10H2,1-2H3,(H,20,21). The number of benzene rings is 1. The van der Waals surface area contributed by atoms with Crippen LogP contribution in [-0.4, -0.2) is 49.0 Å². The van der Waals surface area contributed by atoms with Gasteiger partial charge in [-0.15, -0.1) is 0 Å². The van der Waals surface area contributed by atoms with Gasteiger partial charge in [0.25, 0.3) is 0 Å². The van der Waals surface area contributed by atoms with Crippen molar-refractivity contribution in [3.63, 3.8) is 0 Å². The quantitative estimate of drug-likeness (QED) is 0.803. The van der Waals surface area contributed by atoms with Crippen LogP contribution in [0.25, 0.3) is 0 Å². The van der Waals surface area contributed by atoms with Gasteiger partial charge in [0, 0.05) is 6.04 Å². The first-order chi connectivity index (χ1) is 12.3. The highest BCUT2D eigenvalue weighted by Gasteiger charge is 2.51. The molecular weight excluding hydrogens is 358 g/mol. The van der Waals surface area contributed by atoms with Crippen LogP contribution < -0.4 is 0 Å². The van der Waals surface area contributed by atoms with Crippen molar-refractivity contribution in [2.75, 3.05) is 7.11 Å². The summed E-state index contributed by atoms with van der Waals surface area (Å²) in [4.78, 5) is 23.6. The van der Waals surface area contributed by atoms with Crippen LogP contribution in [0.4, 0.5) is 0 Å². The second kappa shape index (κ2) is 7.00. The van der Waals surface area contributed by atoms with Crippen molar-refractivity contribution in [1.82, 2.24) is 4.31 Å². The summed E-state index contributed by atoms with van der Waals surface area (Å²) in [5.74, 6) is -1.67. The van der Waals surface area contributed by atoms with Gasteiger partial charge in [0.1, 0.15) is 6.04 Å². The second-order valence-corrected chi connectivity index (χ2v) is 8.77. The van der Waals surface area contributed by atoms with E-state index in [1.54, 1.807) is 6.92 Å². The fourth-order valence-electron chi connectivity index (χ4n) is 4.31. The molecule has 0 spiro atoms. The Balaban J connectivity index is 2.09. The van der Waals surface area contributed by atoms with Gasteiger partial charge in [-0.1, -0.05) is 18.9 Å². The molecule has 26 heavy (non-hydrogen) atoms. The third-order valence-electron chi connectivity index (χ3n) is 5.56. The van der Waals surface area contributed by atoms with Crippen LogP contribution in [0.15, 0.2) is 23.1 Å². The molecule has 0 aromatic heterocycles. The zero-order chi connectivity index (χ0) is 19.1. The molecule has 0 amide bonds. The molecule has 1 saturated heterocycles. The number of rotatable bonds is 4. The number of carboxylic acids is 1. The molecule has 2 fully saturated rings. The van der Waals surface area contributed by atoms with E-state index in [2.05, 4.69) is 0 Å². The van der Waals surface area contributed by atoms with Gasteiger partial charge in [0.2, 0.25) is 10.0 Å². The Bertz CT molecular complexity index is 834. The average Bonchev–Trinajstić information content (AvgIpc) is 3.01. The molecule has 1 aromatic carbocycles. The molecule has 3 unspecified atom stereocenters. The van der Waals surface area contributed by atoms with E-state index in [0.717, 1.165) is 19.3 Å². The zero-order valence-electron chi connectivity index (χ0n) is 14.8. The Kier molecular flexibility index (Phi) is 5.07. The van der Waals surface area contributed by atoms with Gasteiger partial charge in [-0.3, -0.25) is 4.79 Å². The Hall–Kier alpha value is -1.93. The minimum absolute atomic E-state index is 0.0297. The molecule has 0 bridgehead atoms. The number of carboxylic acid groups (broad SMARTS) is 1. The van der Waals surface area contributed by atoms with Gasteiger partial charge in [0.05, 0.1) is 17.6 Å². The smallest absolute Gasteiger partial charge is 0.338 e. The molecule has 1 aliphatic carbocycles. The summed E-state index contributed by atoms with van der Waals surface area (Å²) in [5.41, 5.74) is 0.447. The van der Waals surface area contributed by atoms with Crippen LogP contribution >= 0.6 is 0 Å². The van der Waals surface area contributed by atoms with Gasteiger partial charge >= 0.3 is 11.9 Å².